The van der Waals surface area contributed by atoms with Crippen LogP contribution >= 0.6 is 0 Å². The van der Waals surface area contributed by atoms with E-state index in [1.165, 1.54) is 0 Å². The van der Waals surface area contributed by atoms with Crippen molar-refractivity contribution in [1.29, 1.82) is 0 Å². The molecule has 1 amide bonds. The Morgan fingerprint density at radius 2 is 2.12 bits per heavy atom. The van der Waals surface area contributed by atoms with Crippen LogP contribution < -0.4 is 5.32 Å². The van der Waals surface area contributed by atoms with Crippen molar-refractivity contribution in [2.75, 3.05) is 0 Å². The molecule has 128 valence electrons. The van der Waals surface area contributed by atoms with Gasteiger partial charge in [-0.15, -0.1) is 5.10 Å². The summed E-state index contributed by atoms with van der Waals surface area (Å²) in [6.45, 7) is 3.01. The number of fused-ring (bicyclic) bond motifs is 1. The van der Waals surface area contributed by atoms with Gasteiger partial charge in [0.1, 0.15) is 17.6 Å². The minimum Gasteiger partial charge on any atom is -0.465 e. The van der Waals surface area contributed by atoms with Gasteiger partial charge in [-0.2, -0.15) is 0 Å². The maximum Gasteiger partial charge on any atom is 0.274 e. The van der Waals surface area contributed by atoms with Crippen molar-refractivity contribution in [1.82, 2.24) is 20.3 Å². The first-order valence-electron chi connectivity index (χ1n) is 8.13. The Hall–Kier alpha value is -2.93. The Kier molecular flexibility index (Phi) is 4.07. The number of aromatic nitrogens is 3. The number of amides is 1. The molecule has 1 aliphatic heterocycles. The number of aryl methyl sites for hydroxylation is 1. The van der Waals surface area contributed by atoms with Crippen LogP contribution in [0.5, 0.6) is 0 Å². The molecule has 7 nitrogen and oxygen atoms in total. The highest BCUT2D eigenvalue weighted by Crippen LogP contribution is 2.26. The monoisotopic (exact) mass is 338 g/mol. The third-order valence-electron chi connectivity index (χ3n) is 4.20. The number of hydrogen-bond donors (Lipinski definition) is 1. The van der Waals surface area contributed by atoms with Crippen LogP contribution in [0.1, 0.15) is 39.4 Å². The molecule has 2 aromatic heterocycles. The summed E-state index contributed by atoms with van der Waals surface area (Å²) in [5.41, 5.74) is 2.08. The van der Waals surface area contributed by atoms with Gasteiger partial charge in [0, 0.05) is 0 Å². The average Bonchev–Trinajstić information content (AvgIpc) is 3.26. The van der Waals surface area contributed by atoms with Crippen LogP contribution in [0, 0.1) is 6.92 Å². The van der Waals surface area contributed by atoms with Crippen LogP contribution in [-0.2, 0) is 24.4 Å². The molecule has 0 aliphatic carbocycles. The van der Waals surface area contributed by atoms with Gasteiger partial charge in [-0.05, 0) is 24.6 Å². The summed E-state index contributed by atoms with van der Waals surface area (Å²) >= 11 is 0. The second kappa shape index (κ2) is 6.52. The van der Waals surface area contributed by atoms with Crippen LogP contribution in [0.15, 0.2) is 46.9 Å². The van der Waals surface area contributed by atoms with Gasteiger partial charge in [0.25, 0.3) is 5.91 Å². The van der Waals surface area contributed by atoms with Gasteiger partial charge >= 0.3 is 0 Å². The molecule has 7 heteroatoms. The molecule has 1 N–H and O–H groups in total. The van der Waals surface area contributed by atoms with Crippen LogP contribution in [0.3, 0.4) is 0 Å². The van der Waals surface area contributed by atoms with Gasteiger partial charge in [-0.1, -0.05) is 35.5 Å². The van der Waals surface area contributed by atoms with Gasteiger partial charge in [-0.25, -0.2) is 4.68 Å². The first-order chi connectivity index (χ1) is 12.2. The number of nitrogens with one attached hydrogen (secondary N) is 1. The quantitative estimate of drug-likeness (QED) is 0.790. The van der Waals surface area contributed by atoms with Crippen molar-refractivity contribution in [3.63, 3.8) is 0 Å². The molecule has 0 saturated heterocycles. The zero-order chi connectivity index (χ0) is 17.2. The lowest BCUT2D eigenvalue weighted by molar-refractivity contribution is -0.00177. The predicted molar refractivity (Wildman–Crippen MR) is 88.6 cm³/mol. The second-order valence-electron chi connectivity index (χ2n) is 5.97. The van der Waals surface area contributed by atoms with Crippen LogP contribution in [0.4, 0.5) is 0 Å². The van der Waals surface area contributed by atoms with Crippen molar-refractivity contribution < 1.29 is 13.9 Å². The molecule has 4 rings (SSSR count). The molecule has 3 heterocycles. The standard InChI is InChI=1S/C18H18N4O3/c1-12-7-8-14(25-12)9-19-18(23)17-15-11-24-16(10-22(15)21-20-17)13-5-3-2-4-6-13/h2-8,16H,9-11H2,1H3,(H,19,23)/t16-/m1/s1. The Labute approximate surface area is 144 Å². The van der Waals surface area contributed by atoms with E-state index in [-0.39, 0.29) is 12.0 Å². The normalized spacial score (nSPS) is 16.4. The zero-order valence-corrected chi connectivity index (χ0v) is 13.8. The van der Waals surface area contributed by atoms with Gasteiger partial charge in [0.15, 0.2) is 5.69 Å². The number of ether oxygens (including phenoxy) is 1. The molecule has 0 bridgehead atoms. The van der Waals surface area contributed by atoms with E-state index in [1.54, 1.807) is 4.68 Å². The highest BCUT2D eigenvalue weighted by atomic mass is 16.5. The average molecular weight is 338 g/mol. The van der Waals surface area contributed by atoms with Crippen LogP contribution in [0.2, 0.25) is 0 Å². The van der Waals surface area contributed by atoms with Gasteiger partial charge in [0.05, 0.1) is 25.4 Å². The van der Waals surface area contributed by atoms with Crippen molar-refractivity contribution >= 4 is 5.91 Å². The molecule has 0 spiro atoms. The number of carbonyl (C=O) groups is 1. The Bertz CT molecular complexity index is 885. The van der Waals surface area contributed by atoms with E-state index >= 15 is 0 Å². The topological polar surface area (TPSA) is 82.2 Å². The molecule has 3 aromatic rings. The van der Waals surface area contributed by atoms with E-state index < -0.39 is 0 Å². The number of furan rings is 1. The maximum absolute atomic E-state index is 12.4. The summed E-state index contributed by atoms with van der Waals surface area (Å²) in [6.07, 6.45) is -0.0857. The molecule has 25 heavy (non-hydrogen) atoms. The first kappa shape index (κ1) is 15.6. The van der Waals surface area contributed by atoms with Gasteiger partial charge in [0.2, 0.25) is 0 Å². The largest absolute Gasteiger partial charge is 0.465 e. The summed E-state index contributed by atoms with van der Waals surface area (Å²) in [6, 6.07) is 13.7. The second-order valence-corrected chi connectivity index (χ2v) is 5.97. The lowest BCUT2D eigenvalue weighted by atomic mass is 10.1. The van der Waals surface area contributed by atoms with Crippen molar-refractivity contribution in [2.24, 2.45) is 0 Å². The van der Waals surface area contributed by atoms with Gasteiger partial charge < -0.3 is 14.5 Å². The van der Waals surface area contributed by atoms with E-state index in [4.69, 9.17) is 9.15 Å². The van der Waals surface area contributed by atoms with Crippen molar-refractivity contribution in [3.8, 4) is 0 Å². The summed E-state index contributed by atoms with van der Waals surface area (Å²) in [7, 11) is 0. The molecule has 0 fully saturated rings. The van der Waals surface area contributed by atoms with E-state index in [9.17, 15) is 4.79 Å². The highest BCUT2D eigenvalue weighted by Gasteiger charge is 2.27. The van der Waals surface area contributed by atoms with Crippen molar-refractivity contribution in [3.05, 3.63) is 70.9 Å². The molecule has 1 aliphatic rings. The fourth-order valence-electron chi connectivity index (χ4n) is 2.89. The molecule has 1 aromatic carbocycles. The number of hydrogen-bond acceptors (Lipinski definition) is 5. The van der Waals surface area contributed by atoms with E-state index in [0.717, 1.165) is 11.3 Å². The van der Waals surface area contributed by atoms with E-state index in [2.05, 4.69) is 15.6 Å². The highest BCUT2D eigenvalue weighted by molar-refractivity contribution is 5.93. The number of rotatable bonds is 4. The van der Waals surface area contributed by atoms with E-state index in [0.29, 0.717) is 36.8 Å². The zero-order valence-electron chi connectivity index (χ0n) is 13.8. The SMILES string of the molecule is Cc1ccc(CNC(=O)c2nnn3c2CO[C@@H](c2ccccc2)C3)o1. The number of benzene rings is 1. The number of carbonyl (C=O) groups excluding carboxylic acids is 1. The molecule has 0 radical (unpaired) electrons. The number of nitrogens with zero attached hydrogens (tertiary/aromatic N) is 3. The lowest BCUT2D eigenvalue weighted by Crippen LogP contribution is -2.27. The summed E-state index contributed by atoms with van der Waals surface area (Å²) in [5.74, 6) is 1.23. The summed E-state index contributed by atoms with van der Waals surface area (Å²) in [4.78, 5) is 12.4. The maximum atomic E-state index is 12.4. The van der Waals surface area contributed by atoms with Crippen LogP contribution in [0.25, 0.3) is 0 Å². The van der Waals surface area contributed by atoms with Crippen LogP contribution in [-0.4, -0.2) is 20.9 Å². The molecular formula is C18H18N4O3. The Morgan fingerprint density at radius 1 is 1.28 bits per heavy atom. The minimum absolute atomic E-state index is 0.0857. The minimum atomic E-state index is -0.280. The third-order valence-corrected chi connectivity index (χ3v) is 4.20. The lowest BCUT2D eigenvalue weighted by Gasteiger charge is -2.24. The van der Waals surface area contributed by atoms with E-state index in [1.807, 2.05) is 49.4 Å². The molecule has 0 unspecified atom stereocenters. The molecule has 0 saturated carbocycles. The predicted octanol–water partition coefficient (Wildman–Crippen LogP) is 2.38. The third kappa shape index (κ3) is 3.18. The Morgan fingerprint density at radius 3 is 2.88 bits per heavy atom. The van der Waals surface area contributed by atoms with Crippen molar-refractivity contribution in [2.45, 2.75) is 32.7 Å². The summed E-state index contributed by atoms with van der Waals surface area (Å²) in [5, 5.41) is 11.0. The summed E-state index contributed by atoms with van der Waals surface area (Å²) < 4.78 is 13.1. The first-order valence-corrected chi connectivity index (χ1v) is 8.13. The fraction of sp³-hybridized carbons (Fsp3) is 0.278. The smallest absolute Gasteiger partial charge is 0.274 e. The Balaban J connectivity index is 1.45. The molecule has 1 atom stereocenters. The van der Waals surface area contributed by atoms with Gasteiger partial charge in [-0.3, -0.25) is 4.79 Å². The fourth-order valence-corrected chi connectivity index (χ4v) is 2.89. The molecular weight excluding hydrogens is 320 g/mol.